The van der Waals surface area contributed by atoms with E-state index in [1.54, 1.807) is 12.2 Å². The van der Waals surface area contributed by atoms with Crippen LogP contribution in [0.2, 0.25) is 0 Å². The van der Waals surface area contributed by atoms with E-state index in [-0.39, 0.29) is 36.1 Å². The zero-order chi connectivity index (χ0) is 23.5. The van der Waals surface area contributed by atoms with E-state index in [2.05, 4.69) is 13.8 Å². The molecule has 4 unspecified atom stereocenters. The van der Waals surface area contributed by atoms with Crippen LogP contribution in [0, 0.1) is 28.6 Å². The van der Waals surface area contributed by atoms with Gasteiger partial charge < -0.3 is 20.1 Å². The van der Waals surface area contributed by atoms with E-state index < -0.39 is 41.0 Å². The minimum Gasteiger partial charge on any atom is -0.393 e. The van der Waals surface area contributed by atoms with E-state index >= 15 is 0 Å². The fourth-order valence-corrected chi connectivity index (χ4v) is 7.84. The maximum absolute atomic E-state index is 13.0. The lowest BCUT2D eigenvalue weighted by atomic mass is 9.46. The van der Waals surface area contributed by atoms with Crippen LogP contribution in [0.25, 0.3) is 0 Å². The highest BCUT2D eigenvalue weighted by atomic mass is 16.5. The Morgan fingerprint density at radius 3 is 2.72 bits per heavy atom. The summed E-state index contributed by atoms with van der Waals surface area (Å²) < 4.78 is 6.27. The maximum Gasteiger partial charge on any atom is 0.192 e. The minimum atomic E-state index is -1.84. The molecule has 32 heavy (non-hydrogen) atoms. The van der Waals surface area contributed by atoms with Gasteiger partial charge in [0.2, 0.25) is 0 Å². The first-order chi connectivity index (χ1) is 15.0. The fourth-order valence-electron chi connectivity index (χ4n) is 7.84. The van der Waals surface area contributed by atoms with Gasteiger partial charge in [-0.1, -0.05) is 38.8 Å². The van der Waals surface area contributed by atoms with Gasteiger partial charge in [0.25, 0.3) is 0 Å². The van der Waals surface area contributed by atoms with E-state index in [0.717, 1.165) is 31.3 Å². The quantitative estimate of drug-likeness (QED) is 0.580. The zero-order valence-corrected chi connectivity index (χ0v) is 19.7. The molecule has 9 atom stereocenters. The zero-order valence-electron chi connectivity index (χ0n) is 19.7. The van der Waals surface area contributed by atoms with Crippen LogP contribution >= 0.6 is 0 Å². The summed E-state index contributed by atoms with van der Waals surface area (Å²) in [6.45, 7) is 7.27. The van der Waals surface area contributed by atoms with Crippen LogP contribution < -0.4 is 0 Å². The molecule has 3 saturated carbocycles. The summed E-state index contributed by atoms with van der Waals surface area (Å²) >= 11 is 0. The van der Waals surface area contributed by atoms with E-state index in [1.807, 2.05) is 19.9 Å². The lowest BCUT2D eigenvalue weighted by Crippen LogP contribution is -2.64. The first-order valence-electron chi connectivity index (χ1n) is 12.2. The average molecular weight is 447 g/mol. The minimum absolute atomic E-state index is 0.00628. The van der Waals surface area contributed by atoms with E-state index in [1.165, 1.54) is 0 Å². The predicted molar refractivity (Wildman–Crippen MR) is 120 cm³/mol. The molecule has 6 nitrogen and oxygen atoms in total. The summed E-state index contributed by atoms with van der Waals surface area (Å²) in [6, 6.07) is 0. The van der Waals surface area contributed by atoms with Crippen molar-refractivity contribution in [2.24, 2.45) is 28.6 Å². The van der Waals surface area contributed by atoms with Crippen LogP contribution in [0.5, 0.6) is 0 Å². The summed E-state index contributed by atoms with van der Waals surface area (Å²) in [6.07, 6.45) is 7.80. The van der Waals surface area contributed by atoms with Gasteiger partial charge in [-0.15, -0.1) is 0 Å². The van der Waals surface area contributed by atoms with Crippen molar-refractivity contribution in [2.75, 3.05) is 6.61 Å². The largest absolute Gasteiger partial charge is 0.393 e. The molecule has 0 radical (unpaired) electrons. The number of hydrogen-bond donors (Lipinski definition) is 3. The average Bonchev–Trinajstić information content (AvgIpc) is 2.95. The fraction of sp³-hybridized carbons (Fsp3) is 0.769. The molecule has 0 aromatic carbocycles. The van der Waals surface area contributed by atoms with Gasteiger partial charge in [0.1, 0.15) is 6.61 Å². The lowest BCUT2D eigenvalue weighted by molar-refractivity contribution is -0.199. The molecule has 3 N–H and O–H groups in total. The molecule has 0 amide bonds. The van der Waals surface area contributed by atoms with Crippen molar-refractivity contribution in [3.8, 4) is 0 Å². The Balaban J connectivity index is 1.74. The molecule has 0 aromatic heterocycles. The number of aliphatic hydroxyl groups is 3. The SMILES string of the molecule is CCCC(C)O[C@@H]1CC2C3CCC4=CC(=O)C=C[C@]4(C)C3[C@@H](O)C[C@]2(C)[C@@]1(O)C(=O)CO. The number of allylic oxidation sites excluding steroid dienone is 4. The van der Waals surface area contributed by atoms with Gasteiger partial charge in [-0.3, -0.25) is 9.59 Å². The van der Waals surface area contributed by atoms with Gasteiger partial charge in [0, 0.05) is 16.7 Å². The van der Waals surface area contributed by atoms with Crippen molar-refractivity contribution < 1.29 is 29.6 Å². The van der Waals surface area contributed by atoms with Gasteiger partial charge in [0.15, 0.2) is 17.2 Å². The molecular weight excluding hydrogens is 408 g/mol. The highest BCUT2D eigenvalue weighted by molar-refractivity contribution is 6.01. The third kappa shape index (κ3) is 3.21. The number of hydrogen-bond acceptors (Lipinski definition) is 6. The molecular formula is C26H38O6. The number of ketones is 2. The number of rotatable bonds is 6. The van der Waals surface area contributed by atoms with Gasteiger partial charge in [0.05, 0.1) is 18.3 Å². The molecule has 0 aliphatic heterocycles. The highest BCUT2D eigenvalue weighted by Crippen LogP contribution is 2.67. The van der Waals surface area contributed by atoms with Crippen LogP contribution in [0.15, 0.2) is 23.8 Å². The summed E-state index contributed by atoms with van der Waals surface area (Å²) in [4.78, 5) is 25.0. The Kier molecular flexibility index (Phi) is 6.07. The van der Waals surface area contributed by atoms with E-state index in [4.69, 9.17) is 4.74 Å². The van der Waals surface area contributed by atoms with Crippen LogP contribution in [-0.2, 0) is 14.3 Å². The summed E-state index contributed by atoms with van der Waals surface area (Å²) in [5.41, 5.74) is -2.07. The van der Waals surface area contributed by atoms with E-state index in [9.17, 15) is 24.9 Å². The van der Waals surface area contributed by atoms with Crippen LogP contribution in [0.4, 0.5) is 0 Å². The van der Waals surface area contributed by atoms with Gasteiger partial charge in [-0.05, 0) is 63.0 Å². The van der Waals surface area contributed by atoms with Crippen molar-refractivity contribution in [3.63, 3.8) is 0 Å². The number of fused-ring (bicyclic) bond motifs is 5. The van der Waals surface area contributed by atoms with Crippen molar-refractivity contribution in [3.05, 3.63) is 23.8 Å². The smallest absolute Gasteiger partial charge is 0.192 e. The second-order valence-corrected chi connectivity index (χ2v) is 11.0. The van der Waals surface area contributed by atoms with Crippen molar-refractivity contribution >= 4 is 11.6 Å². The number of ether oxygens (including phenoxy) is 1. The molecule has 0 heterocycles. The highest BCUT2D eigenvalue weighted by Gasteiger charge is 2.72. The Morgan fingerprint density at radius 1 is 1.34 bits per heavy atom. The molecule has 4 aliphatic carbocycles. The molecule has 0 aromatic rings. The molecule has 4 aliphatic rings. The van der Waals surface area contributed by atoms with Crippen molar-refractivity contribution in [1.82, 2.24) is 0 Å². The summed E-state index contributed by atoms with van der Waals surface area (Å²) in [7, 11) is 0. The molecule has 3 fully saturated rings. The maximum atomic E-state index is 13.0. The molecule has 0 spiro atoms. The molecule has 178 valence electrons. The van der Waals surface area contributed by atoms with Gasteiger partial charge >= 0.3 is 0 Å². The summed E-state index contributed by atoms with van der Waals surface area (Å²) in [5, 5.41) is 33.1. The van der Waals surface area contributed by atoms with Gasteiger partial charge in [-0.25, -0.2) is 0 Å². The number of Topliss-reactive ketones (excluding diaryl/α,β-unsaturated/α-hetero) is 1. The number of aliphatic hydroxyl groups excluding tert-OH is 2. The molecule has 0 saturated heterocycles. The Bertz CT molecular complexity index is 847. The normalized spacial score (nSPS) is 46.2. The Morgan fingerprint density at radius 2 is 2.06 bits per heavy atom. The first kappa shape index (κ1) is 23.8. The topological polar surface area (TPSA) is 104 Å². The Labute approximate surface area is 190 Å². The lowest BCUT2D eigenvalue weighted by Gasteiger charge is -2.59. The summed E-state index contributed by atoms with van der Waals surface area (Å²) in [5.74, 6) is -0.664. The second-order valence-electron chi connectivity index (χ2n) is 11.0. The second kappa shape index (κ2) is 8.15. The van der Waals surface area contributed by atoms with Gasteiger partial charge in [-0.2, -0.15) is 0 Å². The Hall–Kier alpha value is -1.34. The monoisotopic (exact) mass is 446 g/mol. The standard InChI is InChI=1S/C26H38O6/c1-5-6-15(2)32-22-12-19-18-8-7-16-11-17(28)9-10-24(16,3)23(18)20(29)13-25(19,4)26(22,31)21(30)14-27/h9-11,15,18-20,22-23,27,29,31H,5-8,12-14H2,1-4H3/t15?,18?,19?,20-,22+,23?,24-,25-,26+/m0/s1. The van der Waals surface area contributed by atoms with Crippen molar-refractivity contribution in [2.45, 2.75) is 90.1 Å². The van der Waals surface area contributed by atoms with Crippen LogP contribution in [0.3, 0.4) is 0 Å². The first-order valence-corrected chi connectivity index (χ1v) is 12.2. The molecule has 6 heteroatoms. The number of carbonyl (C=O) groups excluding carboxylic acids is 2. The van der Waals surface area contributed by atoms with Crippen molar-refractivity contribution in [1.29, 1.82) is 0 Å². The van der Waals surface area contributed by atoms with E-state index in [0.29, 0.717) is 6.42 Å². The van der Waals surface area contributed by atoms with Crippen LogP contribution in [-0.4, -0.2) is 57.4 Å². The predicted octanol–water partition coefficient (Wildman–Crippen LogP) is 2.74. The molecule has 4 rings (SSSR count). The van der Waals surface area contributed by atoms with Crippen LogP contribution in [0.1, 0.15) is 66.2 Å². The molecule has 0 bridgehead atoms. The number of carbonyl (C=O) groups is 2. The third-order valence-electron chi connectivity index (χ3n) is 9.35. The third-order valence-corrected chi connectivity index (χ3v) is 9.35.